The van der Waals surface area contributed by atoms with Crippen LogP contribution >= 0.6 is 11.6 Å². The van der Waals surface area contributed by atoms with E-state index in [1.54, 1.807) is 12.1 Å². The second-order valence-electron chi connectivity index (χ2n) is 18.1. The smallest absolute Gasteiger partial charge is 0.262 e. The summed E-state index contributed by atoms with van der Waals surface area (Å²) in [6.45, 7) is 15.8. The Balaban J connectivity index is 0.705. The van der Waals surface area contributed by atoms with Gasteiger partial charge in [-0.3, -0.25) is 39.1 Å². The van der Waals surface area contributed by atoms with Gasteiger partial charge in [0.25, 0.3) is 17.7 Å². The maximum Gasteiger partial charge on any atom is 0.262 e. The molecule has 4 atom stereocenters. The first-order valence-corrected chi connectivity index (χ1v) is 21.8. The molecule has 6 fully saturated rings. The Morgan fingerprint density at radius 2 is 1.50 bits per heavy atom. The number of anilines is 3. The van der Waals surface area contributed by atoms with Gasteiger partial charge < -0.3 is 19.6 Å². The fourth-order valence-corrected chi connectivity index (χ4v) is 11.7. The number of rotatable bonds is 6. The number of fused-ring (bicyclic) bond motifs is 3. The summed E-state index contributed by atoms with van der Waals surface area (Å²) in [5.41, 5.74) is 5.25. The average Bonchev–Trinajstić information content (AvgIpc) is 4.02. The Kier molecular flexibility index (Phi) is 9.63. The van der Waals surface area contributed by atoms with Crippen LogP contribution in [-0.4, -0.2) is 120 Å². The summed E-state index contributed by atoms with van der Waals surface area (Å²) in [6, 6.07) is 19.8. The minimum atomic E-state index is -0.977. The molecular formula is C46H49ClN8O5. The number of amides is 5. The minimum Gasteiger partial charge on any atom is -0.371 e. The van der Waals surface area contributed by atoms with Crippen LogP contribution in [0.5, 0.6) is 0 Å². The zero-order chi connectivity index (χ0) is 41.4. The van der Waals surface area contributed by atoms with Crippen LogP contribution in [0.4, 0.5) is 22.7 Å². The first-order chi connectivity index (χ1) is 29.0. The van der Waals surface area contributed by atoms with Crippen LogP contribution < -0.4 is 20.0 Å². The molecule has 2 bridgehead atoms. The van der Waals surface area contributed by atoms with Crippen LogP contribution in [0.3, 0.4) is 0 Å². The molecule has 7 aliphatic heterocycles. The van der Waals surface area contributed by atoms with Crippen molar-refractivity contribution in [2.75, 3.05) is 60.5 Å². The maximum absolute atomic E-state index is 13.9. The van der Waals surface area contributed by atoms with E-state index >= 15 is 0 Å². The van der Waals surface area contributed by atoms with Crippen molar-refractivity contribution < 1.29 is 24.0 Å². The third kappa shape index (κ3) is 6.59. The highest BCUT2D eigenvalue weighted by Gasteiger charge is 2.49. The number of halogens is 1. The highest BCUT2D eigenvalue weighted by molar-refractivity contribution is 6.33. The second-order valence-corrected chi connectivity index (χ2v) is 18.5. The molecule has 7 aliphatic rings. The summed E-state index contributed by atoms with van der Waals surface area (Å²) in [5.74, 6) is -1.86. The van der Waals surface area contributed by atoms with Crippen molar-refractivity contribution in [3.8, 4) is 0 Å². The van der Waals surface area contributed by atoms with Gasteiger partial charge in [-0.2, -0.15) is 0 Å². The van der Waals surface area contributed by atoms with E-state index in [9.17, 15) is 24.0 Å². The lowest BCUT2D eigenvalue weighted by Gasteiger charge is -2.43. The average molecular weight is 829 g/mol. The largest absolute Gasteiger partial charge is 0.371 e. The van der Waals surface area contributed by atoms with Crippen molar-refractivity contribution in [2.45, 2.75) is 88.5 Å². The van der Waals surface area contributed by atoms with Crippen molar-refractivity contribution in [1.29, 1.82) is 0 Å². The third-order valence-corrected chi connectivity index (χ3v) is 15.0. The Labute approximate surface area is 355 Å². The molecule has 0 aromatic heterocycles. The van der Waals surface area contributed by atoms with Crippen LogP contribution in [0.15, 0.2) is 60.7 Å². The number of nitrogens with zero attached hydrogens (tertiary/aromatic N) is 7. The zero-order valence-corrected chi connectivity index (χ0v) is 34.6. The molecule has 3 aromatic rings. The topological polar surface area (TPSA) is 121 Å². The predicted molar refractivity (Wildman–Crippen MR) is 228 cm³/mol. The van der Waals surface area contributed by atoms with Gasteiger partial charge >= 0.3 is 0 Å². The Hall–Kier alpha value is -5.45. The zero-order valence-electron chi connectivity index (χ0n) is 33.8. The SMILES string of the molecule is [C-]#[N+]c1ccc(N2CC3(CCN(c4ccc(C(=O)N5C[C@H]6C[C@@H]5CN6C5CCN(c6ccc7c(c6)C(=O)N(C6CCC(=O)NC6=O)C7=O)CC5)cc4)CC3)CC2C)cc1Cl. The van der Waals surface area contributed by atoms with Gasteiger partial charge in [0.1, 0.15) is 6.04 Å². The highest BCUT2D eigenvalue weighted by atomic mass is 35.5. The lowest BCUT2D eigenvalue weighted by atomic mass is 9.76. The van der Waals surface area contributed by atoms with E-state index in [0.29, 0.717) is 40.0 Å². The van der Waals surface area contributed by atoms with Gasteiger partial charge in [-0.1, -0.05) is 17.7 Å². The summed E-state index contributed by atoms with van der Waals surface area (Å²) in [4.78, 5) is 81.0. The van der Waals surface area contributed by atoms with Gasteiger partial charge in [-0.05, 0) is 112 Å². The van der Waals surface area contributed by atoms with Crippen LogP contribution in [0.1, 0.15) is 89.4 Å². The van der Waals surface area contributed by atoms with Crippen LogP contribution in [0.2, 0.25) is 5.02 Å². The van der Waals surface area contributed by atoms with E-state index < -0.39 is 29.7 Å². The molecule has 3 aromatic carbocycles. The molecule has 1 spiro atoms. The summed E-state index contributed by atoms with van der Waals surface area (Å²) in [6.07, 6.45) is 6.52. The number of imide groups is 2. The van der Waals surface area contributed by atoms with E-state index in [1.165, 1.54) is 5.69 Å². The molecule has 60 heavy (non-hydrogen) atoms. The molecule has 0 radical (unpaired) electrons. The molecule has 5 amide bonds. The molecule has 6 saturated heterocycles. The molecule has 0 saturated carbocycles. The van der Waals surface area contributed by atoms with Gasteiger partial charge in [0.15, 0.2) is 0 Å². The maximum atomic E-state index is 13.9. The molecule has 13 nitrogen and oxygen atoms in total. The highest BCUT2D eigenvalue weighted by Crippen LogP contribution is 2.46. The third-order valence-electron chi connectivity index (χ3n) is 14.7. The van der Waals surface area contributed by atoms with E-state index in [0.717, 1.165) is 106 Å². The first-order valence-electron chi connectivity index (χ1n) is 21.5. The van der Waals surface area contributed by atoms with Crippen LogP contribution in [-0.2, 0) is 9.59 Å². The number of carbonyl (C=O) groups is 5. The minimum absolute atomic E-state index is 0.0905. The number of carbonyl (C=O) groups excluding carboxylic acids is 5. The quantitative estimate of drug-likeness (QED) is 0.245. The predicted octanol–water partition coefficient (Wildman–Crippen LogP) is 5.75. The fourth-order valence-electron chi connectivity index (χ4n) is 11.5. The molecule has 1 N–H and O–H groups in total. The lowest BCUT2D eigenvalue weighted by molar-refractivity contribution is -0.136. The normalized spacial score (nSPS) is 26.6. The molecule has 10 rings (SSSR count). The Bertz CT molecular complexity index is 2330. The molecular weight excluding hydrogens is 780 g/mol. The fraction of sp³-hybridized carbons (Fsp3) is 0.478. The number of benzene rings is 3. The van der Waals surface area contributed by atoms with Gasteiger partial charge in [0.05, 0.1) is 17.7 Å². The van der Waals surface area contributed by atoms with Gasteiger partial charge in [0, 0.05) is 104 Å². The Morgan fingerprint density at radius 3 is 2.18 bits per heavy atom. The van der Waals surface area contributed by atoms with E-state index in [4.69, 9.17) is 18.2 Å². The van der Waals surface area contributed by atoms with E-state index in [2.05, 4.69) is 53.7 Å². The van der Waals surface area contributed by atoms with E-state index in [-0.39, 0.29) is 30.2 Å². The van der Waals surface area contributed by atoms with Gasteiger partial charge in [-0.25, -0.2) is 4.85 Å². The molecule has 0 aliphatic carbocycles. The van der Waals surface area contributed by atoms with Crippen LogP contribution in [0.25, 0.3) is 4.85 Å². The number of hydrogen-bond donors (Lipinski definition) is 1. The van der Waals surface area contributed by atoms with Crippen LogP contribution in [0, 0.1) is 12.0 Å². The first kappa shape index (κ1) is 38.7. The number of piperazine rings is 1. The summed E-state index contributed by atoms with van der Waals surface area (Å²) in [5, 5.41) is 2.77. The monoisotopic (exact) mass is 828 g/mol. The number of nitrogens with one attached hydrogen (secondary N) is 1. The summed E-state index contributed by atoms with van der Waals surface area (Å²) in [7, 11) is 0. The van der Waals surface area contributed by atoms with Crippen molar-refractivity contribution in [3.05, 3.63) is 93.8 Å². The number of hydrogen-bond acceptors (Lipinski definition) is 9. The van der Waals surface area contributed by atoms with Crippen molar-refractivity contribution >= 4 is 63.9 Å². The van der Waals surface area contributed by atoms with Crippen molar-refractivity contribution in [2.24, 2.45) is 5.41 Å². The summed E-state index contributed by atoms with van der Waals surface area (Å²) >= 11 is 6.40. The second kappa shape index (κ2) is 14.9. The lowest BCUT2D eigenvalue weighted by Crippen LogP contribution is -2.54. The summed E-state index contributed by atoms with van der Waals surface area (Å²) < 4.78 is 0. The van der Waals surface area contributed by atoms with E-state index in [1.807, 2.05) is 36.4 Å². The molecule has 14 heteroatoms. The van der Waals surface area contributed by atoms with Gasteiger partial charge in [-0.15, -0.1) is 0 Å². The standard InChI is InChI=1S/C46H49ClN8O5/c1-28-24-46(27-54(28)33-8-10-39(48-2)38(47)23-33)15-19-51(20-16-46)30-5-3-29(4-6-30)43(58)53-26-34-21-35(53)25-52(34)31-13-17-50(18-14-31)32-7-9-36-37(22-32)45(60)55(44(36)59)40-11-12-41(56)49-42(40)57/h3-10,22-23,28,31,34-35,40H,11-21,24-27H2,1H3,(H,49,56,57)/t28?,34-,35-,40?/m1/s1. The number of likely N-dealkylation sites (tertiary alicyclic amines) is 2. The molecule has 310 valence electrons. The van der Waals surface area contributed by atoms with Crippen molar-refractivity contribution in [3.63, 3.8) is 0 Å². The molecule has 2 unspecified atom stereocenters. The Morgan fingerprint density at radius 1 is 0.800 bits per heavy atom. The van der Waals surface area contributed by atoms with Gasteiger partial charge in [0.2, 0.25) is 17.5 Å². The van der Waals surface area contributed by atoms with Crippen molar-refractivity contribution in [1.82, 2.24) is 20.0 Å². The number of piperidine rings is 3. The molecule has 7 heterocycles.